The van der Waals surface area contributed by atoms with Gasteiger partial charge in [0.2, 0.25) is 0 Å². The van der Waals surface area contributed by atoms with Crippen LogP contribution in [0.25, 0.3) is 0 Å². The maximum Gasteiger partial charge on any atom is 2.00 e. The SMILES string of the molecule is O=P([O-])([O-])O[SiH3].[Ca+2]. The molecule has 0 atom stereocenters. The normalized spacial score (nSPS) is 10.6. The smallest absolute Gasteiger partial charge is 0.791 e. The van der Waals surface area contributed by atoms with Crippen molar-refractivity contribution < 1.29 is 18.6 Å². The zero-order chi connectivity index (χ0) is 5.21. The van der Waals surface area contributed by atoms with Crippen molar-refractivity contribution in [1.82, 2.24) is 0 Å². The van der Waals surface area contributed by atoms with Gasteiger partial charge < -0.3 is 18.6 Å². The van der Waals surface area contributed by atoms with Gasteiger partial charge in [-0.1, -0.05) is 0 Å². The van der Waals surface area contributed by atoms with Crippen molar-refractivity contribution >= 4 is 56.0 Å². The second-order valence-corrected chi connectivity index (χ2v) is 2.98. The summed E-state index contributed by atoms with van der Waals surface area (Å²) >= 11 is 0. The Balaban J connectivity index is 0. The predicted molar refractivity (Wildman–Crippen MR) is 24.4 cm³/mol. The van der Waals surface area contributed by atoms with Gasteiger partial charge in [0.05, 0.1) is 0 Å². The maximum absolute atomic E-state index is 9.28. The largest absolute Gasteiger partial charge is 2.00 e. The molecule has 0 aromatic carbocycles. The Morgan fingerprint density at radius 1 is 1.57 bits per heavy atom. The molecule has 38 valence electrons. The van der Waals surface area contributed by atoms with Crippen LogP contribution in [0.15, 0.2) is 0 Å². The summed E-state index contributed by atoms with van der Waals surface area (Å²) in [6, 6.07) is 0. The monoisotopic (exact) mass is 166 g/mol. The van der Waals surface area contributed by atoms with Gasteiger partial charge in [-0.15, -0.1) is 0 Å². The van der Waals surface area contributed by atoms with E-state index in [0.29, 0.717) is 0 Å². The van der Waals surface area contributed by atoms with E-state index >= 15 is 0 Å². The molecule has 0 aliphatic carbocycles. The van der Waals surface area contributed by atoms with E-state index in [1.54, 1.807) is 0 Å². The fraction of sp³-hybridized carbons (Fsp3) is 0. The fourth-order valence-electron chi connectivity index (χ4n) is 0. The molecule has 0 saturated heterocycles. The van der Waals surface area contributed by atoms with Gasteiger partial charge in [0.15, 0.2) is 10.5 Å². The van der Waals surface area contributed by atoms with Gasteiger partial charge in [-0.25, -0.2) is 0 Å². The van der Waals surface area contributed by atoms with Gasteiger partial charge in [0.25, 0.3) is 0 Å². The first-order valence-electron chi connectivity index (χ1n) is 1.14. The standard InChI is InChI=1S/Ca.H5O4PSi/c;1-5(2,3)4-6/h;6H3,(H2,1,2,3)/q+2;/p-2. The minimum absolute atomic E-state index is 0. The Morgan fingerprint density at radius 3 is 1.71 bits per heavy atom. The number of hydrogen-bond donors (Lipinski definition) is 0. The molecule has 0 aliphatic rings. The Bertz CT molecular complexity index is 75.8. The summed E-state index contributed by atoms with van der Waals surface area (Å²) in [5.74, 6) is 0. The molecule has 0 aromatic rings. The summed E-state index contributed by atoms with van der Waals surface area (Å²) in [7, 11) is -4.62. The maximum atomic E-state index is 9.28. The second-order valence-electron chi connectivity index (χ2n) is 0.630. The van der Waals surface area contributed by atoms with Crippen molar-refractivity contribution in [2.45, 2.75) is 0 Å². The van der Waals surface area contributed by atoms with E-state index in [2.05, 4.69) is 4.21 Å². The van der Waals surface area contributed by atoms with E-state index in [1.165, 1.54) is 0 Å². The van der Waals surface area contributed by atoms with Crippen LogP contribution in [0.5, 0.6) is 0 Å². The Kier molecular flexibility index (Phi) is 7.26. The molecular formula is H3CaO4PSi. The van der Waals surface area contributed by atoms with Gasteiger partial charge in [0, 0.05) is 7.82 Å². The van der Waals surface area contributed by atoms with Crippen molar-refractivity contribution in [3.8, 4) is 0 Å². The zero-order valence-corrected chi connectivity index (χ0v) is 8.89. The fourth-order valence-corrected chi connectivity index (χ4v) is 0. The van der Waals surface area contributed by atoms with Crippen LogP contribution in [0.3, 0.4) is 0 Å². The molecule has 0 bridgehead atoms. The summed E-state index contributed by atoms with van der Waals surface area (Å²) < 4.78 is 12.8. The van der Waals surface area contributed by atoms with Gasteiger partial charge in [-0.2, -0.15) is 0 Å². The van der Waals surface area contributed by atoms with E-state index in [-0.39, 0.29) is 48.2 Å². The average Bonchev–Trinajstić information content (AvgIpc) is 1.35. The molecule has 4 nitrogen and oxygen atoms in total. The van der Waals surface area contributed by atoms with Crippen molar-refractivity contribution in [2.24, 2.45) is 0 Å². The molecule has 0 fully saturated rings. The molecule has 0 radical (unpaired) electrons. The zero-order valence-electron chi connectivity index (χ0n) is 3.79. The first kappa shape index (κ1) is 11.4. The number of phosphoric acid groups is 1. The van der Waals surface area contributed by atoms with Crippen molar-refractivity contribution in [2.75, 3.05) is 0 Å². The summed E-state index contributed by atoms with van der Waals surface area (Å²) in [4.78, 5) is 18.6. The van der Waals surface area contributed by atoms with E-state index in [1.807, 2.05) is 0 Å². The topological polar surface area (TPSA) is 72.4 Å². The molecule has 0 aliphatic heterocycles. The van der Waals surface area contributed by atoms with E-state index in [9.17, 15) is 14.4 Å². The average molecular weight is 166 g/mol. The van der Waals surface area contributed by atoms with E-state index in [0.717, 1.165) is 0 Å². The Labute approximate surface area is 74.0 Å². The van der Waals surface area contributed by atoms with Gasteiger partial charge >= 0.3 is 37.7 Å². The van der Waals surface area contributed by atoms with Crippen molar-refractivity contribution in [3.63, 3.8) is 0 Å². The van der Waals surface area contributed by atoms with Crippen molar-refractivity contribution in [1.29, 1.82) is 0 Å². The van der Waals surface area contributed by atoms with Crippen molar-refractivity contribution in [3.05, 3.63) is 0 Å². The van der Waals surface area contributed by atoms with Gasteiger partial charge in [0.1, 0.15) is 0 Å². The molecule has 0 amide bonds. The minimum Gasteiger partial charge on any atom is -0.791 e. The number of rotatable bonds is 1. The summed E-state index contributed by atoms with van der Waals surface area (Å²) in [5.41, 5.74) is 0. The molecule has 7 heteroatoms. The molecule has 0 heterocycles. The van der Waals surface area contributed by atoms with Gasteiger partial charge in [-0.3, -0.25) is 0 Å². The second kappa shape index (κ2) is 4.46. The third-order valence-corrected chi connectivity index (χ3v) is 2.01. The third kappa shape index (κ3) is 11.3. The van der Waals surface area contributed by atoms with Crippen LogP contribution in [0.4, 0.5) is 0 Å². The Hall–Kier alpha value is 1.59. The minimum atomic E-state index is -4.58. The van der Waals surface area contributed by atoms with Crippen LogP contribution in [0, 0.1) is 0 Å². The quantitative estimate of drug-likeness (QED) is 0.302. The molecule has 7 heavy (non-hydrogen) atoms. The molecule has 0 saturated carbocycles. The van der Waals surface area contributed by atoms with Crippen LogP contribution < -0.4 is 9.79 Å². The van der Waals surface area contributed by atoms with Gasteiger partial charge in [-0.05, 0) is 0 Å². The summed E-state index contributed by atoms with van der Waals surface area (Å²) in [6.45, 7) is 0. The first-order valence-corrected chi connectivity index (χ1v) is 3.42. The van der Waals surface area contributed by atoms with Crippen LogP contribution in [0.1, 0.15) is 0 Å². The molecule has 0 unspecified atom stereocenters. The molecule has 0 aromatic heterocycles. The molecule has 0 rings (SSSR count). The van der Waals surface area contributed by atoms with Crippen LogP contribution in [-0.4, -0.2) is 48.2 Å². The predicted octanol–water partition coefficient (Wildman–Crippen LogP) is -3.27. The van der Waals surface area contributed by atoms with Crippen LogP contribution in [0.2, 0.25) is 0 Å². The third-order valence-electron chi connectivity index (χ3n) is 0.224. The van der Waals surface area contributed by atoms with E-state index in [4.69, 9.17) is 0 Å². The van der Waals surface area contributed by atoms with Crippen LogP contribution in [-0.2, 0) is 8.78 Å². The van der Waals surface area contributed by atoms with E-state index < -0.39 is 7.82 Å². The number of hydrogen-bond acceptors (Lipinski definition) is 4. The molecule has 0 spiro atoms. The first-order chi connectivity index (χ1) is 2.56. The molecular weight excluding hydrogens is 163 g/mol. The van der Waals surface area contributed by atoms with Crippen LogP contribution >= 0.6 is 7.82 Å². The Morgan fingerprint density at radius 2 is 1.71 bits per heavy atom. The molecule has 0 N–H and O–H groups in total. The summed E-state index contributed by atoms with van der Waals surface area (Å²) in [6.07, 6.45) is 0. The summed E-state index contributed by atoms with van der Waals surface area (Å²) in [5, 5.41) is 0.